The van der Waals surface area contributed by atoms with E-state index in [1.807, 2.05) is 36.2 Å². The Labute approximate surface area is 163 Å². The number of aliphatic hydroxyl groups is 1. The summed E-state index contributed by atoms with van der Waals surface area (Å²) in [7, 11) is 1.84. The number of fused-ring (bicyclic) bond motifs is 1. The van der Waals surface area contributed by atoms with Gasteiger partial charge >= 0.3 is 0 Å². The van der Waals surface area contributed by atoms with Gasteiger partial charge in [0.2, 0.25) is 0 Å². The van der Waals surface area contributed by atoms with Gasteiger partial charge < -0.3 is 10.8 Å². The van der Waals surface area contributed by atoms with Crippen molar-refractivity contribution >= 4 is 11.7 Å². The molecule has 7 nitrogen and oxygen atoms in total. The molecule has 2 heterocycles. The molecule has 1 aromatic heterocycles. The number of carbonyl (C=O) groups is 2. The Bertz CT molecular complexity index is 1030. The number of aromatic nitrogens is 2. The van der Waals surface area contributed by atoms with Crippen LogP contribution in [0.25, 0.3) is 5.69 Å². The highest BCUT2D eigenvalue weighted by molar-refractivity contribution is 5.93. The maximum Gasteiger partial charge on any atom is 0.269 e. The normalized spacial score (nSPS) is 21.9. The van der Waals surface area contributed by atoms with Crippen LogP contribution >= 0.6 is 0 Å². The fourth-order valence-electron chi connectivity index (χ4n) is 3.82. The van der Waals surface area contributed by atoms with Gasteiger partial charge in [-0.25, -0.2) is 4.68 Å². The van der Waals surface area contributed by atoms with Gasteiger partial charge in [-0.3, -0.25) is 14.5 Å². The molecule has 2 aromatic rings. The number of nitrogens with two attached hydrogens (primary N) is 1. The molecule has 1 aliphatic heterocycles. The van der Waals surface area contributed by atoms with Crippen LogP contribution in [-0.4, -0.2) is 57.2 Å². The number of piperidine rings is 1. The smallest absolute Gasteiger partial charge is 0.269 e. The average Bonchev–Trinajstić information content (AvgIpc) is 3.26. The largest absolute Gasteiger partial charge is 0.371 e. The average molecular weight is 378 g/mol. The van der Waals surface area contributed by atoms with Gasteiger partial charge in [0.05, 0.1) is 12.2 Å². The minimum absolute atomic E-state index is 0.195. The van der Waals surface area contributed by atoms with Crippen molar-refractivity contribution in [2.75, 3.05) is 20.1 Å². The molecule has 2 aliphatic rings. The summed E-state index contributed by atoms with van der Waals surface area (Å²) in [5, 5.41) is 15.0. The first-order valence-corrected chi connectivity index (χ1v) is 9.36. The van der Waals surface area contributed by atoms with Gasteiger partial charge in [-0.15, -0.1) is 0 Å². The van der Waals surface area contributed by atoms with Crippen LogP contribution in [-0.2, 0) is 17.6 Å². The Morgan fingerprint density at radius 2 is 2.18 bits per heavy atom. The Kier molecular flexibility index (Phi) is 4.53. The van der Waals surface area contributed by atoms with Gasteiger partial charge in [-0.05, 0) is 44.5 Å². The number of primary amides is 1. The van der Waals surface area contributed by atoms with Crippen LogP contribution in [0.15, 0.2) is 24.3 Å². The lowest BCUT2D eigenvalue weighted by atomic mass is 9.90. The van der Waals surface area contributed by atoms with Gasteiger partial charge in [0.15, 0.2) is 17.1 Å². The van der Waals surface area contributed by atoms with Crippen LogP contribution < -0.4 is 5.73 Å². The summed E-state index contributed by atoms with van der Waals surface area (Å²) in [6, 6.07) is 7.38. The predicted molar refractivity (Wildman–Crippen MR) is 103 cm³/mol. The van der Waals surface area contributed by atoms with E-state index in [1.165, 1.54) is 0 Å². The Morgan fingerprint density at radius 3 is 2.93 bits per heavy atom. The molecule has 1 aromatic carbocycles. The van der Waals surface area contributed by atoms with Crippen LogP contribution in [0.2, 0.25) is 0 Å². The van der Waals surface area contributed by atoms with Gasteiger partial charge in [0.25, 0.3) is 5.91 Å². The third-order valence-corrected chi connectivity index (χ3v) is 5.40. The van der Waals surface area contributed by atoms with E-state index in [0.29, 0.717) is 24.2 Å². The topological polar surface area (TPSA) is 101 Å². The molecule has 0 bridgehead atoms. The predicted octanol–water partition coefficient (Wildman–Crippen LogP) is 0.447. The minimum Gasteiger partial charge on any atom is -0.371 e. The van der Waals surface area contributed by atoms with Gasteiger partial charge in [0, 0.05) is 29.8 Å². The first-order chi connectivity index (χ1) is 13.4. The van der Waals surface area contributed by atoms with E-state index in [2.05, 4.69) is 16.9 Å². The fourth-order valence-corrected chi connectivity index (χ4v) is 3.82. The molecule has 0 spiro atoms. The second kappa shape index (κ2) is 6.89. The van der Waals surface area contributed by atoms with E-state index in [0.717, 1.165) is 36.2 Å². The summed E-state index contributed by atoms with van der Waals surface area (Å²) in [5.41, 5.74) is 7.57. The molecule has 4 rings (SSSR count). The number of rotatable bonds is 2. The zero-order valence-electron chi connectivity index (χ0n) is 15.7. The SMILES string of the molecule is CN1CCC(O)(C#Cc2cccc(-n3nc(C(N)=O)c4c3CCC4)c2)C(=O)C1. The number of likely N-dealkylation sites (tertiary alicyclic amines) is 1. The third kappa shape index (κ3) is 3.21. The fraction of sp³-hybridized carbons (Fsp3) is 0.381. The third-order valence-electron chi connectivity index (χ3n) is 5.40. The van der Waals surface area contributed by atoms with Crippen LogP contribution in [0.4, 0.5) is 0 Å². The van der Waals surface area contributed by atoms with E-state index >= 15 is 0 Å². The zero-order chi connectivity index (χ0) is 19.9. The molecule has 1 aliphatic carbocycles. The summed E-state index contributed by atoms with van der Waals surface area (Å²) >= 11 is 0. The summed E-state index contributed by atoms with van der Waals surface area (Å²) in [6.45, 7) is 0.812. The second-order valence-corrected chi connectivity index (χ2v) is 7.48. The number of nitrogens with zero attached hydrogens (tertiary/aromatic N) is 3. The number of hydrogen-bond donors (Lipinski definition) is 2. The van der Waals surface area contributed by atoms with E-state index < -0.39 is 11.5 Å². The molecule has 144 valence electrons. The molecule has 1 amide bonds. The molecular weight excluding hydrogens is 356 g/mol. The minimum atomic E-state index is -1.60. The van der Waals surface area contributed by atoms with E-state index in [9.17, 15) is 14.7 Å². The van der Waals surface area contributed by atoms with Crippen LogP contribution in [0.3, 0.4) is 0 Å². The Hall–Kier alpha value is -2.95. The Morgan fingerprint density at radius 1 is 1.36 bits per heavy atom. The molecule has 7 heteroatoms. The first-order valence-electron chi connectivity index (χ1n) is 9.36. The van der Waals surface area contributed by atoms with Crippen molar-refractivity contribution in [1.29, 1.82) is 0 Å². The van der Waals surface area contributed by atoms with Crippen LogP contribution in [0.1, 0.15) is 40.2 Å². The Balaban J connectivity index is 1.67. The number of carbonyl (C=O) groups excluding carboxylic acids is 2. The highest BCUT2D eigenvalue weighted by Crippen LogP contribution is 2.28. The molecule has 0 radical (unpaired) electrons. The highest BCUT2D eigenvalue weighted by atomic mass is 16.3. The van der Waals surface area contributed by atoms with Gasteiger partial charge in [-0.1, -0.05) is 17.9 Å². The standard InChI is InChI=1S/C21H22N4O3/c1-24-11-10-21(28,18(26)13-24)9-8-14-4-2-5-15(12-14)25-17-7-3-6-16(17)19(23-25)20(22)27/h2,4-5,12,28H,3,6-7,10-11,13H2,1H3,(H2,22,27). The zero-order valence-corrected chi connectivity index (χ0v) is 15.7. The van der Waals surface area contributed by atoms with Crippen LogP contribution in [0.5, 0.6) is 0 Å². The summed E-state index contributed by atoms with van der Waals surface area (Å²) < 4.78 is 1.75. The molecule has 1 atom stereocenters. The lowest BCUT2D eigenvalue weighted by molar-refractivity contribution is -0.137. The highest BCUT2D eigenvalue weighted by Gasteiger charge is 2.37. The van der Waals surface area contributed by atoms with Gasteiger partial charge in [-0.2, -0.15) is 5.10 Å². The van der Waals surface area contributed by atoms with Crippen molar-refractivity contribution < 1.29 is 14.7 Å². The van der Waals surface area contributed by atoms with Crippen LogP contribution in [0, 0.1) is 11.8 Å². The molecule has 1 saturated heterocycles. The van der Waals surface area contributed by atoms with Crippen molar-refractivity contribution in [3.05, 3.63) is 46.8 Å². The van der Waals surface area contributed by atoms with Crippen molar-refractivity contribution in [1.82, 2.24) is 14.7 Å². The van der Waals surface area contributed by atoms with Crippen molar-refractivity contribution in [3.8, 4) is 17.5 Å². The molecule has 3 N–H and O–H groups in total. The summed E-state index contributed by atoms with van der Waals surface area (Å²) in [4.78, 5) is 25.7. The van der Waals surface area contributed by atoms with Crippen molar-refractivity contribution in [3.63, 3.8) is 0 Å². The monoisotopic (exact) mass is 378 g/mol. The number of likely N-dealkylation sites (N-methyl/N-ethyl adjacent to an activating group) is 1. The maximum atomic E-state index is 12.2. The van der Waals surface area contributed by atoms with Crippen molar-refractivity contribution in [2.24, 2.45) is 5.73 Å². The van der Waals surface area contributed by atoms with Gasteiger partial charge in [0.1, 0.15) is 0 Å². The first kappa shape index (κ1) is 18.4. The summed E-state index contributed by atoms with van der Waals surface area (Å²) in [6.07, 6.45) is 2.91. The number of benzene rings is 1. The molecular formula is C21H22N4O3. The van der Waals surface area contributed by atoms with E-state index in [-0.39, 0.29) is 12.3 Å². The van der Waals surface area contributed by atoms with Crippen molar-refractivity contribution in [2.45, 2.75) is 31.3 Å². The maximum absolute atomic E-state index is 12.2. The second-order valence-electron chi connectivity index (χ2n) is 7.48. The molecule has 0 saturated carbocycles. The number of Topliss-reactive ketones (excluding diaryl/α,β-unsaturated/α-hetero) is 1. The molecule has 1 unspecified atom stereocenters. The number of hydrogen-bond acceptors (Lipinski definition) is 5. The molecule has 1 fully saturated rings. The van der Waals surface area contributed by atoms with E-state index in [4.69, 9.17) is 5.73 Å². The quantitative estimate of drug-likeness (QED) is 0.739. The summed E-state index contributed by atoms with van der Waals surface area (Å²) in [5.74, 6) is 4.91. The molecule has 28 heavy (non-hydrogen) atoms. The lowest BCUT2D eigenvalue weighted by Crippen LogP contribution is -2.50. The van der Waals surface area contributed by atoms with E-state index in [1.54, 1.807) is 4.68 Å². The number of amides is 1. The lowest BCUT2D eigenvalue weighted by Gasteiger charge is -2.31. The number of ketones is 1.